The third kappa shape index (κ3) is 4.58. The lowest BCUT2D eigenvalue weighted by molar-refractivity contribution is -0.134. The summed E-state index contributed by atoms with van der Waals surface area (Å²) in [5, 5.41) is 0.571. The lowest BCUT2D eigenvalue weighted by Gasteiger charge is -2.40. The highest BCUT2D eigenvalue weighted by atomic mass is 35.5. The summed E-state index contributed by atoms with van der Waals surface area (Å²) in [7, 11) is 1.53. The summed E-state index contributed by atoms with van der Waals surface area (Å²) >= 11 is 6.13. The van der Waals surface area contributed by atoms with Crippen LogP contribution in [0.25, 0.3) is 0 Å². The van der Waals surface area contributed by atoms with Gasteiger partial charge in [-0.25, -0.2) is 0 Å². The van der Waals surface area contributed by atoms with Gasteiger partial charge in [-0.1, -0.05) is 23.3 Å². The first kappa shape index (κ1) is 20.3. The maximum Gasteiger partial charge on any atom is 0.257 e. The molecule has 1 saturated heterocycles. The molecule has 1 atom stereocenters. The Morgan fingerprint density at radius 1 is 1.31 bits per heavy atom. The van der Waals surface area contributed by atoms with Gasteiger partial charge in [0, 0.05) is 37.1 Å². The maximum atomic E-state index is 13.0. The lowest BCUT2D eigenvalue weighted by atomic mass is 10.1. The number of methoxy groups -OCH3 is 1. The normalized spacial score (nSPS) is 17.1. The molecular formula is C20H27ClN2O3. The predicted octanol–water partition coefficient (Wildman–Crippen LogP) is 3.69. The number of aryl methyl sites for hydroxylation is 1. The van der Waals surface area contributed by atoms with E-state index in [4.69, 9.17) is 16.3 Å². The quantitative estimate of drug-likeness (QED) is 0.751. The minimum absolute atomic E-state index is 0.0230. The average molecular weight is 379 g/mol. The van der Waals surface area contributed by atoms with Crippen LogP contribution in [0, 0.1) is 6.92 Å². The highest BCUT2D eigenvalue weighted by molar-refractivity contribution is 6.31. The molecule has 0 saturated carbocycles. The van der Waals surface area contributed by atoms with E-state index < -0.39 is 0 Å². The number of halogens is 1. The Kier molecular flexibility index (Phi) is 6.70. The molecule has 6 heteroatoms. The average Bonchev–Trinajstić information content (AvgIpc) is 2.60. The van der Waals surface area contributed by atoms with Crippen molar-refractivity contribution in [1.29, 1.82) is 0 Å². The lowest BCUT2D eigenvalue weighted by Crippen LogP contribution is -2.55. The van der Waals surface area contributed by atoms with E-state index in [0.29, 0.717) is 42.4 Å². The maximum absolute atomic E-state index is 13.0. The first-order chi connectivity index (χ1) is 12.2. The van der Waals surface area contributed by atoms with E-state index in [1.807, 2.05) is 38.7 Å². The Balaban J connectivity index is 2.11. The topological polar surface area (TPSA) is 49.9 Å². The fourth-order valence-electron chi connectivity index (χ4n) is 3.09. The fraction of sp³-hybridized carbons (Fsp3) is 0.500. The van der Waals surface area contributed by atoms with Gasteiger partial charge in [-0.05, 0) is 45.4 Å². The van der Waals surface area contributed by atoms with Crippen molar-refractivity contribution in [2.75, 3.05) is 26.7 Å². The van der Waals surface area contributed by atoms with Crippen LogP contribution in [-0.4, -0.2) is 54.4 Å². The fourth-order valence-corrected chi connectivity index (χ4v) is 3.24. The van der Waals surface area contributed by atoms with Crippen molar-refractivity contribution in [3.05, 3.63) is 39.9 Å². The molecule has 0 spiro atoms. The molecule has 0 unspecified atom stereocenters. The van der Waals surface area contributed by atoms with Crippen LogP contribution in [0.2, 0.25) is 5.02 Å². The van der Waals surface area contributed by atoms with E-state index in [0.717, 1.165) is 11.1 Å². The first-order valence-electron chi connectivity index (χ1n) is 8.80. The molecular weight excluding hydrogens is 352 g/mol. The number of piperazine rings is 1. The Labute approximate surface area is 160 Å². The largest absolute Gasteiger partial charge is 0.496 e. The number of ether oxygens (including phenoxy) is 1. The summed E-state index contributed by atoms with van der Waals surface area (Å²) in [6.45, 7) is 9.35. The second-order valence-electron chi connectivity index (χ2n) is 6.97. The molecule has 1 aromatic rings. The van der Waals surface area contributed by atoms with Crippen LogP contribution in [0.5, 0.6) is 5.75 Å². The number of nitrogens with zero attached hydrogens (tertiary/aromatic N) is 2. The summed E-state index contributed by atoms with van der Waals surface area (Å²) in [5.74, 6) is 0.482. The standard InChI is InChI=1S/C20H27ClN2O3/c1-13(2)6-7-19(24)23-9-8-22(12-15(23)4)20(25)16-10-14(3)17(21)11-18(16)26-5/h6,10-11,15H,7-9,12H2,1-5H3/t15-/m0/s1. The molecule has 26 heavy (non-hydrogen) atoms. The molecule has 0 aromatic heterocycles. The number of hydrogen-bond acceptors (Lipinski definition) is 3. The minimum atomic E-state index is -0.0927. The van der Waals surface area contributed by atoms with Crippen molar-refractivity contribution in [2.45, 2.75) is 40.2 Å². The SMILES string of the molecule is COc1cc(Cl)c(C)cc1C(=O)N1CCN(C(=O)CC=C(C)C)[C@@H](C)C1. The molecule has 1 aliphatic heterocycles. The van der Waals surface area contributed by atoms with Gasteiger partial charge < -0.3 is 14.5 Å². The van der Waals surface area contributed by atoms with Crippen molar-refractivity contribution in [3.8, 4) is 5.75 Å². The van der Waals surface area contributed by atoms with Gasteiger partial charge in [0.1, 0.15) is 5.75 Å². The molecule has 2 rings (SSSR count). The third-order valence-electron chi connectivity index (χ3n) is 4.63. The Morgan fingerprint density at radius 2 is 2.00 bits per heavy atom. The Bertz CT molecular complexity index is 726. The second-order valence-corrected chi connectivity index (χ2v) is 7.38. The van der Waals surface area contributed by atoms with Crippen molar-refractivity contribution >= 4 is 23.4 Å². The molecule has 1 heterocycles. The first-order valence-corrected chi connectivity index (χ1v) is 9.18. The molecule has 1 aliphatic rings. The van der Waals surface area contributed by atoms with Crippen molar-refractivity contribution in [3.63, 3.8) is 0 Å². The number of carbonyl (C=O) groups is 2. The second kappa shape index (κ2) is 8.58. The Morgan fingerprint density at radius 3 is 2.58 bits per heavy atom. The van der Waals surface area contributed by atoms with Crippen LogP contribution in [0.1, 0.15) is 43.1 Å². The number of allylic oxidation sites excluding steroid dienone is 1. The van der Waals surface area contributed by atoms with Gasteiger partial charge in [0.25, 0.3) is 5.91 Å². The number of rotatable bonds is 4. The highest BCUT2D eigenvalue weighted by Crippen LogP contribution is 2.28. The van der Waals surface area contributed by atoms with Crippen LogP contribution in [0.4, 0.5) is 0 Å². The van der Waals surface area contributed by atoms with Gasteiger partial charge in [0.15, 0.2) is 0 Å². The minimum Gasteiger partial charge on any atom is -0.496 e. The zero-order chi connectivity index (χ0) is 19.4. The molecule has 5 nitrogen and oxygen atoms in total. The van der Waals surface area contributed by atoms with E-state index in [1.165, 1.54) is 7.11 Å². The van der Waals surface area contributed by atoms with E-state index in [1.54, 1.807) is 17.0 Å². The van der Waals surface area contributed by atoms with Crippen molar-refractivity contribution < 1.29 is 14.3 Å². The zero-order valence-electron chi connectivity index (χ0n) is 16.1. The highest BCUT2D eigenvalue weighted by Gasteiger charge is 2.30. The Hall–Kier alpha value is -2.01. The number of amides is 2. The molecule has 2 amide bonds. The molecule has 0 N–H and O–H groups in total. The third-order valence-corrected chi connectivity index (χ3v) is 5.04. The van der Waals surface area contributed by atoms with E-state index in [9.17, 15) is 9.59 Å². The molecule has 1 aromatic carbocycles. The van der Waals surface area contributed by atoms with Gasteiger partial charge in [-0.3, -0.25) is 9.59 Å². The smallest absolute Gasteiger partial charge is 0.257 e. The molecule has 0 aliphatic carbocycles. The van der Waals surface area contributed by atoms with Gasteiger partial charge in [0.2, 0.25) is 5.91 Å². The van der Waals surface area contributed by atoms with Crippen LogP contribution in [0.15, 0.2) is 23.8 Å². The van der Waals surface area contributed by atoms with Gasteiger partial charge in [-0.2, -0.15) is 0 Å². The summed E-state index contributed by atoms with van der Waals surface area (Å²) in [5.41, 5.74) is 2.47. The van der Waals surface area contributed by atoms with Crippen LogP contribution >= 0.6 is 11.6 Å². The number of benzene rings is 1. The molecule has 0 radical (unpaired) electrons. The molecule has 142 valence electrons. The van der Waals surface area contributed by atoms with E-state index in [-0.39, 0.29) is 17.9 Å². The van der Waals surface area contributed by atoms with E-state index >= 15 is 0 Å². The zero-order valence-corrected chi connectivity index (χ0v) is 16.9. The monoisotopic (exact) mass is 378 g/mol. The predicted molar refractivity (Wildman–Crippen MR) is 104 cm³/mol. The number of carbonyl (C=O) groups excluding carboxylic acids is 2. The number of hydrogen-bond donors (Lipinski definition) is 0. The van der Waals surface area contributed by atoms with Gasteiger partial charge in [-0.15, -0.1) is 0 Å². The van der Waals surface area contributed by atoms with Gasteiger partial charge >= 0.3 is 0 Å². The summed E-state index contributed by atoms with van der Waals surface area (Å²) in [6, 6.07) is 3.41. The van der Waals surface area contributed by atoms with Crippen LogP contribution in [0.3, 0.4) is 0 Å². The van der Waals surface area contributed by atoms with E-state index in [2.05, 4.69) is 0 Å². The molecule has 1 fully saturated rings. The van der Waals surface area contributed by atoms with Crippen LogP contribution < -0.4 is 4.74 Å². The molecule has 0 bridgehead atoms. The van der Waals surface area contributed by atoms with Crippen molar-refractivity contribution in [2.24, 2.45) is 0 Å². The summed E-state index contributed by atoms with van der Waals surface area (Å²) in [6.07, 6.45) is 2.35. The summed E-state index contributed by atoms with van der Waals surface area (Å²) < 4.78 is 5.33. The van der Waals surface area contributed by atoms with Crippen molar-refractivity contribution in [1.82, 2.24) is 9.80 Å². The summed E-state index contributed by atoms with van der Waals surface area (Å²) in [4.78, 5) is 29.0. The van der Waals surface area contributed by atoms with Gasteiger partial charge in [0.05, 0.1) is 12.7 Å². The van der Waals surface area contributed by atoms with Crippen LogP contribution in [-0.2, 0) is 4.79 Å².